The zero-order valence-electron chi connectivity index (χ0n) is 13.3. The van der Waals surface area contributed by atoms with Gasteiger partial charge in [-0.2, -0.15) is 0 Å². The molecule has 0 N–H and O–H groups in total. The Labute approximate surface area is 144 Å². The highest BCUT2D eigenvalue weighted by molar-refractivity contribution is 6.32. The lowest BCUT2D eigenvalue weighted by Gasteiger charge is -2.24. The molecule has 1 aromatic carbocycles. The van der Waals surface area contributed by atoms with Crippen molar-refractivity contribution in [3.05, 3.63) is 64.1 Å². The lowest BCUT2D eigenvalue weighted by molar-refractivity contribution is 0.0905. The van der Waals surface area contributed by atoms with Crippen LogP contribution in [0, 0.1) is 0 Å². The minimum absolute atomic E-state index is 0.134. The van der Waals surface area contributed by atoms with Gasteiger partial charge in [0.05, 0.1) is 11.4 Å². The number of benzene rings is 1. The Balaban J connectivity index is 1.83. The van der Waals surface area contributed by atoms with Crippen molar-refractivity contribution in [1.82, 2.24) is 14.5 Å². The van der Waals surface area contributed by atoms with Crippen LogP contribution in [0.25, 0.3) is 10.9 Å². The Kier molecular flexibility index (Phi) is 2.91. The molecule has 4 nitrogen and oxygen atoms in total. The van der Waals surface area contributed by atoms with E-state index in [2.05, 4.69) is 16.9 Å². The van der Waals surface area contributed by atoms with E-state index in [1.165, 1.54) is 5.56 Å². The van der Waals surface area contributed by atoms with Crippen molar-refractivity contribution in [1.29, 1.82) is 0 Å². The van der Waals surface area contributed by atoms with Crippen LogP contribution < -0.4 is 0 Å². The average Bonchev–Trinajstić information content (AvgIpc) is 3.04. The smallest absolute Gasteiger partial charge is 0.243 e. The number of fused-ring (bicyclic) bond motifs is 3. The van der Waals surface area contributed by atoms with E-state index in [9.17, 15) is 4.79 Å². The van der Waals surface area contributed by atoms with Crippen LogP contribution in [0.4, 0.5) is 0 Å². The third-order valence-corrected chi connectivity index (χ3v) is 5.47. The van der Waals surface area contributed by atoms with Gasteiger partial charge in [0.15, 0.2) is 0 Å². The number of carbonyl (C=O) groups excluding carboxylic acids is 1. The number of carbonyl (C=O) groups is 1. The highest BCUT2D eigenvalue weighted by atomic mass is 35.5. The number of rotatable bonds is 1. The third kappa shape index (κ3) is 1.78. The van der Waals surface area contributed by atoms with Crippen LogP contribution in [0.15, 0.2) is 36.7 Å². The number of aromatic nitrogens is 2. The molecule has 0 amide bonds. The molecule has 0 saturated heterocycles. The Morgan fingerprint density at radius 1 is 1.25 bits per heavy atom. The average molecular weight is 338 g/mol. The van der Waals surface area contributed by atoms with Crippen LogP contribution in [0.3, 0.4) is 0 Å². The molecule has 4 heterocycles. The monoisotopic (exact) mass is 337 g/mol. The number of hydrogen-bond donors (Lipinski definition) is 0. The van der Waals surface area contributed by atoms with Gasteiger partial charge in [-0.15, -0.1) is 0 Å². The van der Waals surface area contributed by atoms with Crippen LogP contribution in [0.1, 0.15) is 33.1 Å². The SMILES string of the molecule is CN1CCc2c(c3cc(Cl)cc4c3n2C(=O)C4c2ccncc2)C1. The van der Waals surface area contributed by atoms with E-state index >= 15 is 0 Å². The van der Waals surface area contributed by atoms with E-state index in [4.69, 9.17) is 11.6 Å². The van der Waals surface area contributed by atoms with Gasteiger partial charge in [-0.3, -0.25) is 14.3 Å². The summed E-state index contributed by atoms with van der Waals surface area (Å²) in [4.78, 5) is 19.7. The largest absolute Gasteiger partial charge is 0.302 e. The summed E-state index contributed by atoms with van der Waals surface area (Å²) in [7, 11) is 2.12. The molecule has 0 saturated carbocycles. The Morgan fingerprint density at radius 2 is 2.04 bits per heavy atom. The van der Waals surface area contributed by atoms with E-state index in [-0.39, 0.29) is 11.8 Å². The standard InChI is InChI=1S/C19H16ClN3O/c1-22-7-4-16-15(10-22)13-8-12(20)9-14-17(11-2-5-21-6-3-11)19(24)23(16)18(13)14/h2-3,5-6,8-9,17H,4,7,10H2,1H3. The summed E-state index contributed by atoms with van der Waals surface area (Å²) in [6.45, 7) is 1.84. The maximum Gasteiger partial charge on any atom is 0.243 e. The Bertz CT molecular complexity index is 993. The van der Waals surface area contributed by atoms with Gasteiger partial charge in [-0.25, -0.2) is 0 Å². The first-order valence-corrected chi connectivity index (χ1v) is 8.51. The van der Waals surface area contributed by atoms with Crippen molar-refractivity contribution in [2.45, 2.75) is 18.9 Å². The molecule has 5 rings (SSSR count). The van der Waals surface area contributed by atoms with Crippen molar-refractivity contribution in [2.24, 2.45) is 0 Å². The van der Waals surface area contributed by atoms with Gasteiger partial charge in [0.2, 0.25) is 5.91 Å². The van der Waals surface area contributed by atoms with Gasteiger partial charge in [0, 0.05) is 48.0 Å². The van der Waals surface area contributed by atoms with Crippen LogP contribution >= 0.6 is 11.6 Å². The van der Waals surface area contributed by atoms with Crippen molar-refractivity contribution in [3.8, 4) is 0 Å². The fraction of sp³-hybridized carbons (Fsp3) is 0.263. The van der Waals surface area contributed by atoms with Crippen molar-refractivity contribution in [2.75, 3.05) is 13.6 Å². The molecule has 0 aliphatic carbocycles. The predicted octanol–water partition coefficient (Wildman–Crippen LogP) is 3.46. The molecule has 2 aliphatic heterocycles. The van der Waals surface area contributed by atoms with Crippen molar-refractivity contribution < 1.29 is 4.79 Å². The molecule has 2 aliphatic rings. The van der Waals surface area contributed by atoms with Gasteiger partial charge < -0.3 is 4.90 Å². The van der Waals surface area contributed by atoms with Gasteiger partial charge in [0.25, 0.3) is 0 Å². The fourth-order valence-corrected chi connectivity index (χ4v) is 4.44. The topological polar surface area (TPSA) is 38.1 Å². The van der Waals surface area contributed by atoms with Crippen LogP contribution in [-0.4, -0.2) is 34.0 Å². The molecule has 5 heteroatoms. The molecule has 2 aromatic heterocycles. The number of hydrogen-bond acceptors (Lipinski definition) is 3. The van der Waals surface area contributed by atoms with E-state index < -0.39 is 0 Å². The summed E-state index contributed by atoms with van der Waals surface area (Å²) in [6.07, 6.45) is 4.37. The van der Waals surface area contributed by atoms with Crippen LogP contribution in [0.5, 0.6) is 0 Å². The third-order valence-electron chi connectivity index (χ3n) is 5.25. The predicted molar refractivity (Wildman–Crippen MR) is 93.7 cm³/mol. The number of nitrogens with zero attached hydrogens (tertiary/aromatic N) is 3. The highest BCUT2D eigenvalue weighted by Gasteiger charge is 2.38. The summed E-state index contributed by atoms with van der Waals surface area (Å²) in [5.74, 6) is -0.150. The Morgan fingerprint density at radius 3 is 2.83 bits per heavy atom. The minimum atomic E-state index is -0.283. The number of pyridine rings is 1. The normalized spacial score (nSPS) is 19.9. The molecular weight excluding hydrogens is 322 g/mol. The molecule has 1 atom stereocenters. The van der Waals surface area contributed by atoms with E-state index in [1.54, 1.807) is 12.4 Å². The molecule has 120 valence electrons. The van der Waals surface area contributed by atoms with Crippen LogP contribution in [-0.2, 0) is 13.0 Å². The van der Waals surface area contributed by atoms with Gasteiger partial charge in [-0.05, 0) is 48.0 Å². The molecule has 0 spiro atoms. The van der Waals surface area contributed by atoms with Crippen molar-refractivity contribution in [3.63, 3.8) is 0 Å². The molecule has 0 radical (unpaired) electrons. The first-order valence-electron chi connectivity index (χ1n) is 8.13. The first-order chi connectivity index (χ1) is 11.6. The second-order valence-electron chi connectivity index (χ2n) is 6.69. The second-order valence-corrected chi connectivity index (χ2v) is 7.13. The van der Waals surface area contributed by atoms with Gasteiger partial charge in [0.1, 0.15) is 0 Å². The lowest BCUT2D eigenvalue weighted by atomic mass is 9.91. The first kappa shape index (κ1) is 14.2. The number of halogens is 1. The maximum absolute atomic E-state index is 13.3. The molecule has 0 bridgehead atoms. The number of likely N-dealkylation sites (N-methyl/N-ethyl adjacent to an activating group) is 1. The quantitative estimate of drug-likeness (QED) is 0.682. The zero-order valence-corrected chi connectivity index (χ0v) is 14.0. The highest BCUT2D eigenvalue weighted by Crippen LogP contribution is 2.44. The Hall–Kier alpha value is -2.17. The molecule has 0 fully saturated rings. The summed E-state index contributed by atoms with van der Waals surface area (Å²) < 4.78 is 1.95. The summed E-state index contributed by atoms with van der Waals surface area (Å²) in [6, 6.07) is 7.80. The zero-order chi connectivity index (χ0) is 16.4. The summed E-state index contributed by atoms with van der Waals surface area (Å²) >= 11 is 6.42. The molecule has 3 aromatic rings. The van der Waals surface area contributed by atoms with Gasteiger partial charge in [-0.1, -0.05) is 11.6 Å². The molecular formula is C19H16ClN3O. The maximum atomic E-state index is 13.3. The second kappa shape index (κ2) is 4.91. The summed E-state index contributed by atoms with van der Waals surface area (Å²) in [5.41, 5.74) is 5.46. The lowest BCUT2D eigenvalue weighted by Crippen LogP contribution is -2.28. The summed E-state index contributed by atoms with van der Waals surface area (Å²) in [5, 5.41) is 1.82. The van der Waals surface area contributed by atoms with E-state index in [1.807, 2.05) is 28.8 Å². The van der Waals surface area contributed by atoms with E-state index in [0.717, 1.165) is 47.2 Å². The minimum Gasteiger partial charge on any atom is -0.302 e. The van der Waals surface area contributed by atoms with Gasteiger partial charge >= 0.3 is 0 Å². The van der Waals surface area contributed by atoms with Crippen LogP contribution in [0.2, 0.25) is 5.02 Å². The molecule has 24 heavy (non-hydrogen) atoms. The molecule has 1 unspecified atom stereocenters. The van der Waals surface area contributed by atoms with E-state index in [0.29, 0.717) is 5.02 Å². The fourth-order valence-electron chi connectivity index (χ4n) is 4.21. The van der Waals surface area contributed by atoms with Crippen molar-refractivity contribution >= 4 is 28.4 Å².